The summed E-state index contributed by atoms with van der Waals surface area (Å²) >= 11 is 0. The first-order valence-electron chi connectivity index (χ1n) is 11.3. The van der Waals surface area contributed by atoms with E-state index >= 15 is 0 Å². The molecular weight excluding hydrogens is 388 g/mol. The number of methoxy groups -OCH3 is 1. The van der Waals surface area contributed by atoms with Crippen LogP contribution in [0.5, 0.6) is 5.75 Å². The van der Waals surface area contributed by atoms with Crippen molar-refractivity contribution < 1.29 is 4.74 Å². The third-order valence-electron chi connectivity index (χ3n) is 6.95. The van der Waals surface area contributed by atoms with Gasteiger partial charge in [-0.2, -0.15) is 5.10 Å². The van der Waals surface area contributed by atoms with Gasteiger partial charge in [0.25, 0.3) is 0 Å². The first kappa shape index (κ1) is 18.7. The summed E-state index contributed by atoms with van der Waals surface area (Å²) < 4.78 is 5.31. The van der Waals surface area contributed by atoms with Crippen molar-refractivity contribution in [2.75, 3.05) is 38.2 Å². The Morgan fingerprint density at radius 1 is 0.968 bits per heavy atom. The molecule has 0 unspecified atom stereocenters. The normalized spacial score (nSPS) is 18.4. The zero-order valence-electron chi connectivity index (χ0n) is 17.9. The third kappa shape index (κ3) is 3.33. The van der Waals surface area contributed by atoms with E-state index in [0.717, 1.165) is 58.3 Å². The molecule has 0 radical (unpaired) electrons. The summed E-state index contributed by atoms with van der Waals surface area (Å²) in [5, 5.41) is 8.63. The summed E-state index contributed by atoms with van der Waals surface area (Å²) in [6.07, 6.45) is 5.26. The summed E-state index contributed by atoms with van der Waals surface area (Å²) in [7, 11) is 1.67. The molecule has 2 fully saturated rings. The predicted molar refractivity (Wildman–Crippen MR) is 124 cm³/mol. The molecule has 4 aromatic rings. The van der Waals surface area contributed by atoms with Gasteiger partial charge in [0.1, 0.15) is 11.4 Å². The molecule has 0 spiro atoms. The van der Waals surface area contributed by atoms with E-state index in [2.05, 4.69) is 43.2 Å². The van der Waals surface area contributed by atoms with Crippen LogP contribution < -0.4 is 9.64 Å². The van der Waals surface area contributed by atoms with E-state index in [-0.39, 0.29) is 0 Å². The van der Waals surface area contributed by atoms with Gasteiger partial charge in [0.05, 0.1) is 23.7 Å². The molecule has 2 aromatic carbocycles. The topological polar surface area (TPSA) is 73.1 Å². The maximum Gasteiger partial charge on any atom is 0.159 e. The number of benzene rings is 2. The average Bonchev–Trinajstić information content (AvgIpc) is 3.57. The van der Waals surface area contributed by atoms with Gasteiger partial charge in [0.15, 0.2) is 5.82 Å². The number of ether oxygens (including phenoxy) is 1. The van der Waals surface area contributed by atoms with Crippen LogP contribution in [-0.4, -0.2) is 64.4 Å². The monoisotopic (exact) mass is 416 g/mol. The van der Waals surface area contributed by atoms with Crippen molar-refractivity contribution in [2.24, 2.45) is 0 Å². The van der Waals surface area contributed by atoms with Gasteiger partial charge in [-0.25, -0.2) is 4.98 Å². The molecule has 0 saturated carbocycles. The Balaban J connectivity index is 1.25. The number of nitrogens with one attached hydrogen (secondary N) is 2. The zero-order valence-corrected chi connectivity index (χ0v) is 17.9. The van der Waals surface area contributed by atoms with Gasteiger partial charge in [0.2, 0.25) is 0 Å². The lowest BCUT2D eigenvalue weighted by molar-refractivity contribution is 0.208. The molecule has 160 valence electrons. The zero-order chi connectivity index (χ0) is 20.8. The van der Waals surface area contributed by atoms with E-state index in [0.29, 0.717) is 0 Å². The highest BCUT2D eigenvalue weighted by Crippen LogP contribution is 2.31. The second-order valence-electron chi connectivity index (χ2n) is 8.73. The number of fused-ring (bicyclic) bond motifs is 2. The highest BCUT2D eigenvalue weighted by molar-refractivity contribution is 5.94. The summed E-state index contributed by atoms with van der Waals surface area (Å²) in [5.41, 5.74) is 5.08. The van der Waals surface area contributed by atoms with E-state index in [9.17, 15) is 0 Å². The van der Waals surface area contributed by atoms with Crippen LogP contribution in [-0.2, 0) is 0 Å². The van der Waals surface area contributed by atoms with Gasteiger partial charge in [-0.05, 0) is 69.1 Å². The minimum absolute atomic E-state index is 0.771. The van der Waals surface area contributed by atoms with Crippen LogP contribution in [0, 0.1) is 0 Å². The van der Waals surface area contributed by atoms with Crippen LogP contribution in [0.2, 0.25) is 0 Å². The van der Waals surface area contributed by atoms with Crippen LogP contribution >= 0.6 is 0 Å². The number of H-pyrrole nitrogens is 2. The van der Waals surface area contributed by atoms with E-state index in [1.165, 1.54) is 44.5 Å². The minimum Gasteiger partial charge on any atom is -0.497 e. The predicted octanol–water partition coefficient (Wildman–Crippen LogP) is 4.18. The molecule has 7 nitrogen and oxygen atoms in total. The Labute approximate surface area is 181 Å². The van der Waals surface area contributed by atoms with Crippen LogP contribution in [0.15, 0.2) is 36.4 Å². The van der Waals surface area contributed by atoms with Gasteiger partial charge >= 0.3 is 0 Å². The number of hydrogen-bond acceptors (Lipinski definition) is 5. The quantitative estimate of drug-likeness (QED) is 0.522. The van der Waals surface area contributed by atoms with Gasteiger partial charge in [-0.1, -0.05) is 0 Å². The molecule has 4 heterocycles. The second-order valence-corrected chi connectivity index (χ2v) is 8.73. The number of likely N-dealkylation sites (tertiary alicyclic amines) is 1. The highest BCUT2D eigenvalue weighted by Gasteiger charge is 2.26. The fourth-order valence-corrected chi connectivity index (χ4v) is 5.21. The van der Waals surface area contributed by atoms with Crippen LogP contribution in [0.4, 0.5) is 5.69 Å². The number of hydrogen-bond donors (Lipinski definition) is 2. The SMILES string of the molecule is COc1ccc2c(-c3nc4ccc(N5CCC(N6CCCC6)CC5)cc4[nH]3)n[nH]c2c1. The second kappa shape index (κ2) is 7.57. The molecule has 0 atom stereocenters. The molecule has 31 heavy (non-hydrogen) atoms. The van der Waals surface area contributed by atoms with Crippen LogP contribution in [0.25, 0.3) is 33.5 Å². The summed E-state index contributed by atoms with van der Waals surface area (Å²) in [5.74, 6) is 1.60. The molecule has 0 aliphatic carbocycles. The largest absolute Gasteiger partial charge is 0.497 e. The van der Waals surface area contributed by atoms with Crippen molar-refractivity contribution in [3.8, 4) is 17.3 Å². The molecule has 2 saturated heterocycles. The summed E-state index contributed by atoms with van der Waals surface area (Å²) in [6, 6.07) is 13.3. The fraction of sp³-hybridized carbons (Fsp3) is 0.417. The first-order chi connectivity index (χ1) is 15.3. The van der Waals surface area contributed by atoms with Crippen molar-refractivity contribution in [2.45, 2.75) is 31.7 Å². The van der Waals surface area contributed by atoms with E-state index in [4.69, 9.17) is 9.72 Å². The molecule has 0 bridgehead atoms. The standard InChI is InChI=1S/C24H28N6O/c1-31-18-5-6-19-21(15-18)27-28-23(19)24-25-20-7-4-17(14-22(20)26-24)30-12-8-16(9-13-30)29-10-2-3-11-29/h4-7,14-16H,2-3,8-13H2,1H3,(H,25,26)(H,27,28). The Kier molecular flexibility index (Phi) is 4.56. The number of imidazole rings is 1. The Morgan fingerprint density at radius 2 is 1.81 bits per heavy atom. The molecule has 0 amide bonds. The lowest BCUT2D eigenvalue weighted by Gasteiger charge is -2.37. The highest BCUT2D eigenvalue weighted by atomic mass is 16.5. The number of piperidine rings is 1. The lowest BCUT2D eigenvalue weighted by atomic mass is 10.0. The van der Waals surface area contributed by atoms with Crippen molar-refractivity contribution in [1.82, 2.24) is 25.1 Å². The van der Waals surface area contributed by atoms with Crippen LogP contribution in [0.3, 0.4) is 0 Å². The average molecular weight is 417 g/mol. The molecule has 2 aliphatic rings. The lowest BCUT2D eigenvalue weighted by Crippen LogP contribution is -2.43. The maximum atomic E-state index is 5.31. The number of anilines is 1. The molecule has 2 N–H and O–H groups in total. The summed E-state index contributed by atoms with van der Waals surface area (Å²) in [4.78, 5) is 13.5. The van der Waals surface area contributed by atoms with Crippen molar-refractivity contribution in [3.63, 3.8) is 0 Å². The molecule has 2 aliphatic heterocycles. The third-order valence-corrected chi connectivity index (χ3v) is 6.95. The number of aromatic amines is 2. The van der Waals surface area contributed by atoms with Gasteiger partial charge in [-0.15, -0.1) is 0 Å². The smallest absolute Gasteiger partial charge is 0.159 e. The maximum absolute atomic E-state index is 5.31. The number of rotatable bonds is 4. The van der Waals surface area contributed by atoms with E-state index < -0.39 is 0 Å². The van der Waals surface area contributed by atoms with Crippen molar-refractivity contribution in [3.05, 3.63) is 36.4 Å². The Morgan fingerprint density at radius 3 is 2.61 bits per heavy atom. The van der Waals surface area contributed by atoms with E-state index in [1.54, 1.807) is 7.11 Å². The van der Waals surface area contributed by atoms with E-state index in [1.807, 2.05) is 18.2 Å². The Hall–Kier alpha value is -3.06. The van der Waals surface area contributed by atoms with Gasteiger partial charge in [0, 0.05) is 36.3 Å². The fourth-order valence-electron chi connectivity index (χ4n) is 5.21. The first-order valence-corrected chi connectivity index (χ1v) is 11.3. The van der Waals surface area contributed by atoms with Gasteiger partial charge < -0.3 is 19.5 Å². The molecular formula is C24H28N6O. The number of nitrogens with zero attached hydrogens (tertiary/aromatic N) is 4. The van der Waals surface area contributed by atoms with Crippen molar-refractivity contribution >= 4 is 27.6 Å². The number of aromatic nitrogens is 4. The molecule has 6 rings (SSSR count). The van der Waals surface area contributed by atoms with Crippen molar-refractivity contribution in [1.29, 1.82) is 0 Å². The molecule has 7 heteroatoms. The Bertz CT molecular complexity index is 1210. The van der Waals surface area contributed by atoms with Gasteiger partial charge in [-0.3, -0.25) is 5.10 Å². The van der Waals surface area contributed by atoms with Crippen LogP contribution in [0.1, 0.15) is 25.7 Å². The minimum atomic E-state index is 0.771. The molecule has 2 aromatic heterocycles. The summed E-state index contributed by atoms with van der Waals surface area (Å²) in [6.45, 7) is 4.84.